The molecule has 106 valence electrons. The van der Waals surface area contributed by atoms with Gasteiger partial charge in [-0.2, -0.15) is 0 Å². The summed E-state index contributed by atoms with van der Waals surface area (Å²) in [7, 11) is 0. The molecule has 0 radical (unpaired) electrons. The van der Waals surface area contributed by atoms with Crippen LogP contribution in [-0.4, -0.2) is 22.1 Å². The van der Waals surface area contributed by atoms with Crippen molar-refractivity contribution in [3.8, 4) is 0 Å². The van der Waals surface area contributed by atoms with Crippen LogP contribution in [0.25, 0.3) is 0 Å². The lowest BCUT2D eigenvalue weighted by Gasteiger charge is -2.26. The zero-order valence-electron chi connectivity index (χ0n) is 10.8. The summed E-state index contributed by atoms with van der Waals surface area (Å²) < 4.78 is 0. The normalized spacial score (nSPS) is 32.1. The highest BCUT2D eigenvalue weighted by molar-refractivity contribution is 7.15. The summed E-state index contributed by atoms with van der Waals surface area (Å²) in [6.45, 7) is 2.03. The van der Waals surface area contributed by atoms with Gasteiger partial charge in [0, 0.05) is 6.04 Å². The molecule has 4 atom stereocenters. The van der Waals surface area contributed by atoms with Crippen LogP contribution in [0.1, 0.15) is 31.2 Å². The van der Waals surface area contributed by atoms with Gasteiger partial charge in [0.25, 0.3) is 0 Å². The quantitative estimate of drug-likeness (QED) is 0.892. The summed E-state index contributed by atoms with van der Waals surface area (Å²) >= 11 is 1.45. The molecule has 2 fully saturated rings. The number of hydrogen-bond acceptors (Lipinski definition) is 5. The molecule has 7 heteroatoms. The fourth-order valence-corrected chi connectivity index (χ4v) is 4.04. The number of halogens is 1. The number of carbonyl (C=O) groups is 1. The minimum atomic E-state index is -0.0299. The first-order valence-corrected chi connectivity index (χ1v) is 7.39. The van der Waals surface area contributed by atoms with Crippen LogP contribution < -0.4 is 11.1 Å². The molecule has 0 aliphatic heterocycles. The van der Waals surface area contributed by atoms with Gasteiger partial charge in [-0.3, -0.25) is 4.79 Å². The van der Waals surface area contributed by atoms with E-state index >= 15 is 0 Å². The first-order valence-electron chi connectivity index (χ1n) is 6.58. The molecule has 3 N–H and O–H groups in total. The summed E-state index contributed by atoms with van der Waals surface area (Å²) in [4.78, 5) is 12.3. The molecule has 0 spiro atoms. The molecule has 0 aromatic carbocycles. The van der Waals surface area contributed by atoms with Gasteiger partial charge in [-0.1, -0.05) is 18.3 Å². The third-order valence-corrected chi connectivity index (χ3v) is 5.27. The number of aromatic nitrogens is 2. The number of hydrogen-bond donors (Lipinski definition) is 2. The SMILES string of the molecule is CCc1nnc(NC(=O)C2C3CCC(C3)C2N)s1.Cl. The van der Waals surface area contributed by atoms with Crippen LogP contribution in [0, 0.1) is 17.8 Å². The maximum atomic E-state index is 12.3. The fourth-order valence-electron chi connectivity index (χ4n) is 3.36. The Bertz CT molecular complexity index is 464. The van der Waals surface area contributed by atoms with Crippen molar-refractivity contribution in [2.75, 3.05) is 5.32 Å². The van der Waals surface area contributed by atoms with E-state index in [9.17, 15) is 4.79 Å². The third-order valence-electron chi connectivity index (χ3n) is 4.28. The van der Waals surface area contributed by atoms with Gasteiger partial charge >= 0.3 is 0 Å². The van der Waals surface area contributed by atoms with Gasteiger partial charge in [-0.15, -0.1) is 22.6 Å². The summed E-state index contributed by atoms with van der Waals surface area (Å²) in [5, 5.41) is 12.4. The number of amides is 1. The molecule has 5 nitrogen and oxygen atoms in total. The number of aryl methyl sites for hydroxylation is 1. The van der Waals surface area contributed by atoms with Crippen LogP contribution in [0.5, 0.6) is 0 Å². The lowest BCUT2D eigenvalue weighted by molar-refractivity contribution is -0.121. The number of nitrogens with zero attached hydrogens (tertiary/aromatic N) is 2. The predicted molar refractivity (Wildman–Crippen MR) is 77.5 cm³/mol. The Hall–Kier alpha value is -0.720. The molecule has 1 aromatic heterocycles. The summed E-state index contributed by atoms with van der Waals surface area (Å²) in [6, 6.07) is 0.0299. The van der Waals surface area contributed by atoms with Crippen molar-refractivity contribution in [1.82, 2.24) is 10.2 Å². The Labute approximate surface area is 122 Å². The molecule has 0 saturated heterocycles. The number of carbonyl (C=O) groups excluding carboxylic acids is 1. The van der Waals surface area contributed by atoms with E-state index in [-0.39, 0.29) is 30.3 Å². The molecule has 4 unspecified atom stereocenters. The average Bonchev–Trinajstić information content (AvgIpc) is 3.03. The van der Waals surface area contributed by atoms with Gasteiger partial charge < -0.3 is 11.1 Å². The predicted octanol–water partition coefficient (Wildman–Crippen LogP) is 1.83. The van der Waals surface area contributed by atoms with Crippen LogP contribution in [0.15, 0.2) is 0 Å². The van der Waals surface area contributed by atoms with E-state index in [2.05, 4.69) is 15.5 Å². The van der Waals surface area contributed by atoms with Crippen molar-refractivity contribution in [3.63, 3.8) is 0 Å². The third kappa shape index (κ3) is 2.61. The Morgan fingerprint density at radius 1 is 1.42 bits per heavy atom. The van der Waals surface area contributed by atoms with E-state index in [1.165, 1.54) is 17.8 Å². The monoisotopic (exact) mass is 302 g/mol. The summed E-state index contributed by atoms with van der Waals surface area (Å²) in [5.41, 5.74) is 6.16. The van der Waals surface area contributed by atoms with Crippen molar-refractivity contribution in [2.24, 2.45) is 23.5 Å². The van der Waals surface area contributed by atoms with Crippen LogP contribution >= 0.6 is 23.7 Å². The first-order chi connectivity index (χ1) is 8.69. The van der Waals surface area contributed by atoms with E-state index < -0.39 is 0 Å². The molecule has 2 aliphatic carbocycles. The summed E-state index contributed by atoms with van der Waals surface area (Å²) in [6.07, 6.45) is 4.30. The van der Waals surface area contributed by atoms with Crippen LogP contribution in [0.4, 0.5) is 5.13 Å². The number of fused-ring (bicyclic) bond motifs is 2. The van der Waals surface area contributed by atoms with E-state index in [0.717, 1.165) is 24.3 Å². The van der Waals surface area contributed by atoms with E-state index in [0.29, 0.717) is 17.0 Å². The van der Waals surface area contributed by atoms with Crippen molar-refractivity contribution < 1.29 is 4.79 Å². The number of rotatable bonds is 3. The number of nitrogens with two attached hydrogens (primary N) is 1. The van der Waals surface area contributed by atoms with E-state index in [1.54, 1.807) is 0 Å². The Morgan fingerprint density at radius 3 is 2.74 bits per heavy atom. The first kappa shape index (κ1) is 14.7. The maximum absolute atomic E-state index is 12.3. The molecule has 1 amide bonds. The molecule has 1 aromatic rings. The standard InChI is InChI=1S/C12H18N4OS.ClH/c1-2-8-15-16-12(18-8)14-11(17)9-6-3-4-7(5-6)10(9)13;/h6-7,9-10H,2-5,13H2,1H3,(H,14,16,17);1H. The Morgan fingerprint density at radius 2 is 2.16 bits per heavy atom. The Balaban J connectivity index is 0.00000133. The van der Waals surface area contributed by atoms with Gasteiger partial charge in [0.15, 0.2) is 0 Å². The van der Waals surface area contributed by atoms with Crippen molar-refractivity contribution in [3.05, 3.63) is 5.01 Å². The lowest BCUT2D eigenvalue weighted by Crippen LogP contribution is -2.42. The smallest absolute Gasteiger partial charge is 0.231 e. The second-order valence-corrected chi connectivity index (χ2v) is 6.34. The zero-order chi connectivity index (χ0) is 12.7. The molecule has 2 bridgehead atoms. The van der Waals surface area contributed by atoms with Gasteiger partial charge in [-0.25, -0.2) is 0 Å². The van der Waals surface area contributed by atoms with Crippen LogP contribution in [0.3, 0.4) is 0 Å². The fraction of sp³-hybridized carbons (Fsp3) is 0.750. The second-order valence-electron chi connectivity index (χ2n) is 5.28. The molecular formula is C12H19ClN4OS. The zero-order valence-corrected chi connectivity index (χ0v) is 12.5. The second kappa shape index (κ2) is 5.73. The largest absolute Gasteiger partial charge is 0.327 e. The molecule has 2 aliphatic rings. The van der Waals surface area contributed by atoms with Crippen molar-refractivity contribution in [2.45, 2.75) is 38.6 Å². The van der Waals surface area contributed by atoms with Crippen molar-refractivity contribution >= 4 is 34.8 Å². The number of nitrogens with one attached hydrogen (secondary N) is 1. The van der Waals surface area contributed by atoms with Crippen LogP contribution in [0.2, 0.25) is 0 Å². The lowest BCUT2D eigenvalue weighted by atomic mass is 9.84. The molecule has 1 heterocycles. The molecule has 2 saturated carbocycles. The molecular weight excluding hydrogens is 284 g/mol. The highest BCUT2D eigenvalue weighted by atomic mass is 35.5. The minimum Gasteiger partial charge on any atom is -0.327 e. The van der Waals surface area contributed by atoms with E-state index in [1.807, 2.05) is 6.92 Å². The van der Waals surface area contributed by atoms with Gasteiger partial charge in [0.05, 0.1) is 5.92 Å². The molecule has 19 heavy (non-hydrogen) atoms. The minimum absolute atomic E-state index is 0. The molecule has 3 rings (SSSR count). The highest BCUT2D eigenvalue weighted by Crippen LogP contribution is 2.47. The van der Waals surface area contributed by atoms with E-state index in [4.69, 9.17) is 5.73 Å². The van der Waals surface area contributed by atoms with Gasteiger partial charge in [0.2, 0.25) is 11.0 Å². The summed E-state index contributed by atoms with van der Waals surface area (Å²) in [5.74, 6) is 1.03. The van der Waals surface area contributed by atoms with Gasteiger partial charge in [-0.05, 0) is 37.5 Å². The maximum Gasteiger partial charge on any atom is 0.231 e. The van der Waals surface area contributed by atoms with Crippen molar-refractivity contribution in [1.29, 1.82) is 0 Å². The van der Waals surface area contributed by atoms with Gasteiger partial charge in [0.1, 0.15) is 5.01 Å². The Kier molecular flexibility index (Phi) is 4.43. The average molecular weight is 303 g/mol. The van der Waals surface area contributed by atoms with Crippen LogP contribution in [-0.2, 0) is 11.2 Å². The topological polar surface area (TPSA) is 80.9 Å². The number of anilines is 1. The highest BCUT2D eigenvalue weighted by Gasteiger charge is 2.49.